The minimum absolute atomic E-state index is 0.126. The molecule has 1 unspecified atom stereocenters. The average Bonchev–Trinajstić information content (AvgIpc) is 2.26. The van der Waals surface area contributed by atoms with Gasteiger partial charge in [-0.05, 0) is 25.7 Å². The zero-order valence-electron chi connectivity index (χ0n) is 9.86. The van der Waals surface area contributed by atoms with Crippen LogP contribution in [-0.4, -0.2) is 55.5 Å². The summed E-state index contributed by atoms with van der Waals surface area (Å²) in [6.07, 6.45) is 4.51. The number of likely N-dealkylation sites (tertiary alicyclic amines) is 1. The summed E-state index contributed by atoms with van der Waals surface area (Å²) in [5, 5.41) is 0. The molecule has 92 valence electrons. The van der Waals surface area contributed by atoms with Crippen molar-refractivity contribution in [3.05, 3.63) is 0 Å². The third-order valence-electron chi connectivity index (χ3n) is 4.33. The Bertz CT molecular complexity index is 242. The second kappa shape index (κ2) is 4.26. The zero-order valence-corrected chi connectivity index (χ0v) is 9.86. The molecule has 4 heteroatoms. The van der Waals surface area contributed by atoms with E-state index in [4.69, 9.17) is 15.2 Å². The van der Waals surface area contributed by atoms with Crippen molar-refractivity contribution in [1.82, 2.24) is 4.90 Å². The van der Waals surface area contributed by atoms with Gasteiger partial charge in [0.2, 0.25) is 0 Å². The Hall–Kier alpha value is -0.160. The highest BCUT2D eigenvalue weighted by molar-refractivity contribution is 4.96. The predicted molar refractivity (Wildman–Crippen MR) is 61.3 cm³/mol. The highest BCUT2D eigenvalue weighted by Crippen LogP contribution is 2.36. The van der Waals surface area contributed by atoms with E-state index in [1.807, 2.05) is 0 Å². The smallest absolute Gasteiger partial charge is 0.0741 e. The van der Waals surface area contributed by atoms with Gasteiger partial charge in [0.25, 0.3) is 0 Å². The Kier molecular flexibility index (Phi) is 2.92. The lowest BCUT2D eigenvalue weighted by atomic mass is 9.82. The minimum Gasteiger partial charge on any atom is -0.381 e. The maximum atomic E-state index is 6.04. The van der Waals surface area contributed by atoms with Crippen LogP contribution < -0.4 is 5.73 Å². The molecule has 3 aliphatic rings. The molecule has 4 nitrogen and oxygen atoms in total. The summed E-state index contributed by atoms with van der Waals surface area (Å²) in [5.74, 6) is 0. The summed E-state index contributed by atoms with van der Waals surface area (Å²) in [5.41, 5.74) is 5.98. The van der Waals surface area contributed by atoms with Crippen LogP contribution in [0.1, 0.15) is 25.7 Å². The Balaban J connectivity index is 1.60. The molecule has 1 atom stereocenters. The summed E-state index contributed by atoms with van der Waals surface area (Å²) < 4.78 is 11.5. The van der Waals surface area contributed by atoms with Crippen molar-refractivity contribution >= 4 is 0 Å². The van der Waals surface area contributed by atoms with Gasteiger partial charge in [-0.3, -0.25) is 4.90 Å². The maximum Gasteiger partial charge on any atom is 0.0741 e. The molecule has 3 saturated heterocycles. The SMILES string of the molecule is NC1CN(C2CCOC3(CCOCC3)C2)C1. The van der Waals surface area contributed by atoms with Crippen LogP contribution in [0.5, 0.6) is 0 Å². The van der Waals surface area contributed by atoms with Crippen LogP contribution in [0.4, 0.5) is 0 Å². The number of hydrogen-bond donors (Lipinski definition) is 1. The van der Waals surface area contributed by atoms with E-state index < -0.39 is 0 Å². The second-order valence-electron chi connectivity index (χ2n) is 5.50. The van der Waals surface area contributed by atoms with Gasteiger partial charge in [-0.25, -0.2) is 0 Å². The highest BCUT2D eigenvalue weighted by Gasteiger charge is 2.42. The Labute approximate surface area is 97.1 Å². The molecule has 0 saturated carbocycles. The Morgan fingerprint density at radius 1 is 1.12 bits per heavy atom. The average molecular weight is 226 g/mol. The summed E-state index contributed by atoms with van der Waals surface area (Å²) in [7, 11) is 0. The van der Waals surface area contributed by atoms with Crippen LogP contribution >= 0.6 is 0 Å². The Morgan fingerprint density at radius 3 is 2.56 bits per heavy atom. The van der Waals surface area contributed by atoms with Crippen molar-refractivity contribution in [1.29, 1.82) is 0 Å². The molecule has 0 aromatic carbocycles. The first-order valence-corrected chi connectivity index (χ1v) is 6.49. The molecule has 2 N–H and O–H groups in total. The quantitative estimate of drug-likeness (QED) is 0.701. The molecular formula is C12H22N2O2. The van der Waals surface area contributed by atoms with Crippen molar-refractivity contribution in [2.24, 2.45) is 5.73 Å². The minimum atomic E-state index is 0.126. The molecule has 0 aliphatic carbocycles. The molecule has 3 fully saturated rings. The van der Waals surface area contributed by atoms with Crippen molar-refractivity contribution in [3.63, 3.8) is 0 Å². The fourth-order valence-corrected chi connectivity index (χ4v) is 3.25. The lowest BCUT2D eigenvalue weighted by Gasteiger charge is -2.50. The first-order chi connectivity index (χ1) is 7.77. The summed E-state index contributed by atoms with van der Waals surface area (Å²) in [4.78, 5) is 2.53. The largest absolute Gasteiger partial charge is 0.381 e. The molecule has 3 heterocycles. The summed E-state index contributed by atoms with van der Waals surface area (Å²) in [6.45, 7) is 4.81. The molecule has 0 aromatic rings. The first-order valence-electron chi connectivity index (χ1n) is 6.49. The van der Waals surface area contributed by atoms with E-state index in [2.05, 4.69) is 4.90 Å². The fourth-order valence-electron chi connectivity index (χ4n) is 3.25. The molecule has 3 aliphatic heterocycles. The lowest BCUT2D eigenvalue weighted by molar-refractivity contribution is -0.156. The van der Waals surface area contributed by atoms with Gasteiger partial charge in [0.15, 0.2) is 0 Å². The molecule has 0 amide bonds. The van der Waals surface area contributed by atoms with E-state index in [1.165, 1.54) is 12.8 Å². The van der Waals surface area contributed by atoms with Gasteiger partial charge in [-0.1, -0.05) is 0 Å². The van der Waals surface area contributed by atoms with E-state index in [-0.39, 0.29) is 5.60 Å². The van der Waals surface area contributed by atoms with Gasteiger partial charge in [0.1, 0.15) is 0 Å². The number of nitrogens with zero attached hydrogens (tertiary/aromatic N) is 1. The van der Waals surface area contributed by atoms with Crippen LogP contribution in [0, 0.1) is 0 Å². The van der Waals surface area contributed by atoms with Gasteiger partial charge < -0.3 is 15.2 Å². The topological polar surface area (TPSA) is 47.7 Å². The Morgan fingerprint density at radius 2 is 1.88 bits per heavy atom. The maximum absolute atomic E-state index is 6.04. The molecule has 1 spiro atoms. The molecule has 16 heavy (non-hydrogen) atoms. The molecular weight excluding hydrogens is 204 g/mol. The highest BCUT2D eigenvalue weighted by atomic mass is 16.5. The van der Waals surface area contributed by atoms with Crippen LogP contribution in [-0.2, 0) is 9.47 Å². The number of nitrogens with two attached hydrogens (primary N) is 1. The monoisotopic (exact) mass is 226 g/mol. The second-order valence-corrected chi connectivity index (χ2v) is 5.50. The number of rotatable bonds is 1. The summed E-state index contributed by atoms with van der Waals surface area (Å²) in [6, 6.07) is 1.11. The predicted octanol–water partition coefficient (Wildman–Crippen LogP) is 0.357. The van der Waals surface area contributed by atoms with E-state index in [1.54, 1.807) is 0 Å². The lowest BCUT2D eigenvalue weighted by Crippen LogP contribution is -2.62. The van der Waals surface area contributed by atoms with Gasteiger partial charge in [0, 0.05) is 45.0 Å². The zero-order chi connectivity index (χ0) is 11.0. The van der Waals surface area contributed by atoms with E-state index >= 15 is 0 Å². The molecule has 0 bridgehead atoms. The normalized spacial score (nSPS) is 36.2. The number of ether oxygens (including phenoxy) is 2. The summed E-state index contributed by atoms with van der Waals surface area (Å²) >= 11 is 0. The van der Waals surface area contributed by atoms with Crippen molar-refractivity contribution < 1.29 is 9.47 Å². The van der Waals surface area contributed by atoms with Gasteiger partial charge in [-0.15, -0.1) is 0 Å². The van der Waals surface area contributed by atoms with Crippen molar-refractivity contribution in [2.45, 2.75) is 43.4 Å². The van der Waals surface area contributed by atoms with Crippen molar-refractivity contribution in [3.8, 4) is 0 Å². The van der Waals surface area contributed by atoms with Crippen LogP contribution in [0.25, 0.3) is 0 Å². The van der Waals surface area contributed by atoms with E-state index in [9.17, 15) is 0 Å². The van der Waals surface area contributed by atoms with Crippen LogP contribution in [0.2, 0.25) is 0 Å². The van der Waals surface area contributed by atoms with Gasteiger partial charge in [-0.2, -0.15) is 0 Å². The van der Waals surface area contributed by atoms with Crippen LogP contribution in [0.3, 0.4) is 0 Å². The van der Waals surface area contributed by atoms with Gasteiger partial charge >= 0.3 is 0 Å². The fraction of sp³-hybridized carbons (Fsp3) is 1.00. The van der Waals surface area contributed by atoms with Crippen LogP contribution in [0.15, 0.2) is 0 Å². The van der Waals surface area contributed by atoms with Crippen molar-refractivity contribution in [2.75, 3.05) is 32.9 Å². The molecule has 0 aromatic heterocycles. The number of hydrogen-bond acceptors (Lipinski definition) is 4. The first kappa shape index (κ1) is 11.0. The standard InChI is InChI=1S/C12H22N2O2/c13-10-8-14(9-10)11-1-4-16-12(7-11)2-5-15-6-3-12/h10-11H,1-9,13H2. The van der Waals surface area contributed by atoms with E-state index in [0.717, 1.165) is 45.8 Å². The molecule has 3 rings (SSSR count). The third kappa shape index (κ3) is 1.99. The third-order valence-corrected chi connectivity index (χ3v) is 4.33. The van der Waals surface area contributed by atoms with Gasteiger partial charge in [0.05, 0.1) is 5.60 Å². The molecule has 0 radical (unpaired) electrons. The van der Waals surface area contributed by atoms with E-state index in [0.29, 0.717) is 12.1 Å².